The van der Waals surface area contributed by atoms with Gasteiger partial charge in [-0.1, -0.05) is 18.2 Å². The Morgan fingerprint density at radius 3 is 3.00 bits per heavy atom. The van der Waals surface area contributed by atoms with Gasteiger partial charge in [0.1, 0.15) is 6.04 Å². The molecule has 0 saturated carbocycles. The highest BCUT2D eigenvalue weighted by molar-refractivity contribution is 5.84. The van der Waals surface area contributed by atoms with E-state index in [4.69, 9.17) is 4.74 Å². The Hall–Kier alpha value is -1.32. The Balaban J connectivity index is 1.73. The number of rotatable bonds is 1. The first-order valence-corrected chi connectivity index (χ1v) is 8.21. The fourth-order valence-corrected chi connectivity index (χ4v) is 4.31. The molecule has 3 nitrogen and oxygen atoms in total. The Kier molecular flexibility index (Phi) is 3.09. The number of ether oxygens (including phenoxy) is 1. The summed E-state index contributed by atoms with van der Waals surface area (Å²) in [7, 11) is 0. The molecule has 0 unspecified atom stereocenters. The third kappa shape index (κ3) is 2.29. The smallest absolute Gasteiger partial charge is 0.130 e. The summed E-state index contributed by atoms with van der Waals surface area (Å²) in [5.41, 5.74) is 4.36. The minimum atomic E-state index is 0.0282. The Labute approximate surface area is 126 Å². The SMILES string of the molecule is CC1(C)C[C@H]([C@@H]2[NH2+]CCc3c2[nH]c2ccccc32)CCO1. The molecule has 112 valence electrons. The van der Waals surface area contributed by atoms with E-state index in [0.29, 0.717) is 12.0 Å². The van der Waals surface area contributed by atoms with Crippen LogP contribution >= 0.6 is 0 Å². The number of H-pyrrole nitrogens is 1. The summed E-state index contributed by atoms with van der Waals surface area (Å²) in [5, 5.41) is 3.97. The molecule has 2 aliphatic rings. The van der Waals surface area contributed by atoms with Gasteiger partial charge in [0.05, 0.1) is 17.8 Å². The van der Waals surface area contributed by atoms with Gasteiger partial charge in [0.2, 0.25) is 0 Å². The molecule has 0 spiro atoms. The fraction of sp³-hybridized carbons (Fsp3) is 0.556. The topological polar surface area (TPSA) is 41.6 Å². The number of fused-ring (bicyclic) bond motifs is 3. The molecule has 0 radical (unpaired) electrons. The molecule has 1 fully saturated rings. The standard InChI is InChI=1S/C18H24N2O/c1-18(2)11-12(8-10-21-18)16-17-14(7-9-19-16)13-5-3-4-6-15(13)20-17/h3-6,12,16,19-20H,7-11H2,1-2H3/p+1/t12-,16+/m1/s1. The van der Waals surface area contributed by atoms with Crippen molar-refractivity contribution >= 4 is 10.9 Å². The first kappa shape index (κ1) is 13.4. The quantitative estimate of drug-likeness (QED) is 0.830. The van der Waals surface area contributed by atoms with Crippen LogP contribution in [0.5, 0.6) is 0 Å². The Morgan fingerprint density at radius 1 is 1.29 bits per heavy atom. The van der Waals surface area contributed by atoms with Crippen LogP contribution in [0.3, 0.4) is 0 Å². The molecule has 0 amide bonds. The van der Waals surface area contributed by atoms with E-state index in [1.807, 2.05) is 0 Å². The van der Waals surface area contributed by atoms with Crippen molar-refractivity contribution in [1.82, 2.24) is 4.98 Å². The maximum Gasteiger partial charge on any atom is 0.130 e. The van der Waals surface area contributed by atoms with E-state index in [1.54, 1.807) is 5.56 Å². The van der Waals surface area contributed by atoms with Crippen molar-refractivity contribution < 1.29 is 10.1 Å². The average Bonchev–Trinajstić information content (AvgIpc) is 2.84. The molecule has 3 heterocycles. The maximum atomic E-state index is 5.91. The molecule has 0 bridgehead atoms. The van der Waals surface area contributed by atoms with Crippen LogP contribution in [0.15, 0.2) is 24.3 Å². The van der Waals surface area contributed by atoms with Crippen molar-refractivity contribution in [3.05, 3.63) is 35.5 Å². The Morgan fingerprint density at radius 2 is 2.14 bits per heavy atom. The highest BCUT2D eigenvalue weighted by Gasteiger charge is 2.39. The molecule has 3 N–H and O–H groups in total. The molecule has 1 aromatic heterocycles. The van der Waals surface area contributed by atoms with E-state index in [0.717, 1.165) is 13.0 Å². The van der Waals surface area contributed by atoms with Crippen molar-refractivity contribution in [1.29, 1.82) is 0 Å². The van der Waals surface area contributed by atoms with Crippen molar-refractivity contribution in [3.8, 4) is 0 Å². The van der Waals surface area contributed by atoms with E-state index in [2.05, 4.69) is 48.4 Å². The van der Waals surface area contributed by atoms with Gasteiger partial charge in [0.15, 0.2) is 0 Å². The van der Waals surface area contributed by atoms with Crippen molar-refractivity contribution in [2.75, 3.05) is 13.2 Å². The zero-order valence-electron chi connectivity index (χ0n) is 13.0. The molecule has 2 aliphatic heterocycles. The van der Waals surface area contributed by atoms with E-state index < -0.39 is 0 Å². The first-order chi connectivity index (χ1) is 10.1. The number of hydrogen-bond acceptors (Lipinski definition) is 1. The molecule has 3 heteroatoms. The summed E-state index contributed by atoms with van der Waals surface area (Å²) in [6.07, 6.45) is 3.52. The number of aromatic amines is 1. The molecule has 1 saturated heterocycles. The second-order valence-electron chi connectivity index (χ2n) is 7.22. The van der Waals surface area contributed by atoms with Crippen LogP contribution in [0, 0.1) is 5.92 Å². The van der Waals surface area contributed by atoms with Crippen LogP contribution in [0.25, 0.3) is 10.9 Å². The van der Waals surface area contributed by atoms with E-state index >= 15 is 0 Å². The van der Waals surface area contributed by atoms with Crippen LogP contribution in [0.1, 0.15) is 44.0 Å². The third-order valence-electron chi connectivity index (χ3n) is 5.24. The fourth-order valence-electron chi connectivity index (χ4n) is 4.31. The molecule has 0 aliphatic carbocycles. The van der Waals surface area contributed by atoms with Gasteiger partial charge in [-0.15, -0.1) is 0 Å². The third-order valence-corrected chi connectivity index (χ3v) is 5.24. The summed E-state index contributed by atoms with van der Waals surface area (Å²) in [6, 6.07) is 9.32. The molecule has 4 rings (SSSR count). The van der Waals surface area contributed by atoms with Gasteiger partial charge in [-0.05, 0) is 38.3 Å². The lowest BCUT2D eigenvalue weighted by atomic mass is 9.80. The maximum absolute atomic E-state index is 5.91. The van der Waals surface area contributed by atoms with E-state index in [1.165, 1.54) is 36.0 Å². The highest BCUT2D eigenvalue weighted by atomic mass is 16.5. The summed E-state index contributed by atoms with van der Waals surface area (Å²) >= 11 is 0. The molecule has 2 aromatic rings. The van der Waals surface area contributed by atoms with E-state index in [9.17, 15) is 0 Å². The van der Waals surface area contributed by atoms with Crippen LogP contribution in [-0.4, -0.2) is 23.7 Å². The van der Waals surface area contributed by atoms with Crippen LogP contribution in [0.2, 0.25) is 0 Å². The number of quaternary nitrogens is 1. The number of hydrogen-bond donors (Lipinski definition) is 2. The van der Waals surface area contributed by atoms with Crippen molar-refractivity contribution in [3.63, 3.8) is 0 Å². The van der Waals surface area contributed by atoms with Crippen LogP contribution in [0.4, 0.5) is 0 Å². The minimum Gasteiger partial charge on any atom is -0.376 e. The van der Waals surface area contributed by atoms with Crippen LogP contribution in [-0.2, 0) is 11.2 Å². The number of nitrogens with one attached hydrogen (secondary N) is 1. The summed E-state index contributed by atoms with van der Waals surface area (Å²) in [4.78, 5) is 3.72. The highest BCUT2D eigenvalue weighted by Crippen LogP contribution is 2.38. The number of para-hydroxylation sites is 1. The second kappa shape index (κ2) is 4.85. The van der Waals surface area contributed by atoms with Crippen LogP contribution < -0.4 is 5.32 Å². The van der Waals surface area contributed by atoms with Gasteiger partial charge in [0.25, 0.3) is 0 Å². The lowest BCUT2D eigenvalue weighted by Crippen LogP contribution is -2.88. The van der Waals surface area contributed by atoms with Gasteiger partial charge in [-0.2, -0.15) is 0 Å². The predicted molar refractivity (Wildman–Crippen MR) is 84.3 cm³/mol. The molecule has 1 aromatic carbocycles. The van der Waals surface area contributed by atoms with Crippen molar-refractivity contribution in [2.24, 2.45) is 5.92 Å². The zero-order chi connectivity index (χ0) is 14.4. The summed E-state index contributed by atoms with van der Waals surface area (Å²) < 4.78 is 5.91. The van der Waals surface area contributed by atoms with Crippen molar-refractivity contribution in [2.45, 2.75) is 44.8 Å². The number of benzene rings is 1. The largest absolute Gasteiger partial charge is 0.376 e. The lowest BCUT2D eigenvalue weighted by molar-refractivity contribution is -0.707. The summed E-state index contributed by atoms with van der Waals surface area (Å²) in [5.74, 6) is 0.709. The number of nitrogens with two attached hydrogens (primary N) is 1. The normalized spacial score (nSPS) is 28.5. The summed E-state index contributed by atoms with van der Waals surface area (Å²) in [6.45, 7) is 6.57. The second-order valence-corrected chi connectivity index (χ2v) is 7.22. The molecular formula is C18H25N2O+. The van der Waals surface area contributed by atoms with Gasteiger partial charge in [-0.25, -0.2) is 0 Å². The van der Waals surface area contributed by atoms with Gasteiger partial charge < -0.3 is 15.0 Å². The van der Waals surface area contributed by atoms with Gasteiger partial charge in [-0.3, -0.25) is 0 Å². The lowest BCUT2D eigenvalue weighted by Gasteiger charge is -2.39. The molecular weight excluding hydrogens is 260 g/mol. The molecule has 21 heavy (non-hydrogen) atoms. The predicted octanol–water partition coefficient (Wildman–Crippen LogP) is 2.53. The Bertz CT molecular complexity index is 658. The monoisotopic (exact) mass is 285 g/mol. The first-order valence-electron chi connectivity index (χ1n) is 8.21. The molecule has 2 atom stereocenters. The van der Waals surface area contributed by atoms with E-state index in [-0.39, 0.29) is 5.60 Å². The van der Waals surface area contributed by atoms with Gasteiger partial charge >= 0.3 is 0 Å². The number of aromatic nitrogens is 1. The zero-order valence-corrected chi connectivity index (χ0v) is 13.0. The average molecular weight is 285 g/mol. The van der Waals surface area contributed by atoms with Gasteiger partial charge in [0, 0.05) is 29.8 Å². The minimum absolute atomic E-state index is 0.0282.